The Labute approximate surface area is 233 Å². The number of nitrogens with zero attached hydrogens (tertiary/aromatic N) is 7. The number of amides is 2. The third kappa shape index (κ3) is 5.91. The largest absolute Gasteiger partial charge is 0.494 e. The number of rotatable bonds is 9. The fourth-order valence-electron chi connectivity index (χ4n) is 4.84. The van der Waals surface area contributed by atoms with Gasteiger partial charge in [-0.3, -0.25) is 14.5 Å². The molecule has 12 heteroatoms. The van der Waals surface area contributed by atoms with Gasteiger partial charge in [0.1, 0.15) is 5.75 Å². The van der Waals surface area contributed by atoms with Crippen LogP contribution in [0.3, 0.4) is 0 Å². The summed E-state index contributed by atoms with van der Waals surface area (Å²) in [4.78, 5) is 39.7. The number of ether oxygens (including phenoxy) is 1. The molecule has 0 bridgehead atoms. The van der Waals surface area contributed by atoms with Gasteiger partial charge in [-0.05, 0) is 38.6 Å². The van der Waals surface area contributed by atoms with Crippen LogP contribution in [0.25, 0.3) is 5.82 Å². The summed E-state index contributed by atoms with van der Waals surface area (Å²) in [6, 6.07) is 3.67. The highest BCUT2D eigenvalue weighted by Crippen LogP contribution is 2.38. The average Bonchev–Trinajstić information content (AvgIpc) is 3.40. The molecule has 4 heterocycles. The van der Waals surface area contributed by atoms with Crippen LogP contribution >= 0.6 is 0 Å². The molecular formula is C28H35N9O3. The smallest absolute Gasteiger partial charge is 0.247 e. The van der Waals surface area contributed by atoms with Crippen molar-refractivity contribution in [1.29, 1.82) is 0 Å². The van der Waals surface area contributed by atoms with Crippen LogP contribution in [-0.2, 0) is 16.1 Å². The van der Waals surface area contributed by atoms with E-state index in [1.807, 2.05) is 30.3 Å². The molecule has 1 aromatic carbocycles. The number of anilines is 4. The Bertz CT molecular complexity index is 1410. The second kappa shape index (κ2) is 11.7. The Balaban J connectivity index is 1.42. The number of aryl methyl sites for hydroxylation is 1. The minimum Gasteiger partial charge on any atom is -0.494 e. The quantitative estimate of drug-likeness (QED) is 0.391. The summed E-state index contributed by atoms with van der Waals surface area (Å²) in [6.45, 7) is 12.7. The molecule has 0 radical (unpaired) electrons. The lowest BCUT2D eigenvalue weighted by atomic mass is 10.1. The lowest BCUT2D eigenvalue weighted by molar-refractivity contribution is -0.129. The second-order valence-corrected chi connectivity index (χ2v) is 10.0. The van der Waals surface area contributed by atoms with Crippen molar-refractivity contribution in [2.24, 2.45) is 0 Å². The predicted molar refractivity (Wildman–Crippen MR) is 153 cm³/mol. The van der Waals surface area contributed by atoms with E-state index < -0.39 is 0 Å². The van der Waals surface area contributed by atoms with Gasteiger partial charge in [0, 0.05) is 69.2 Å². The van der Waals surface area contributed by atoms with E-state index in [-0.39, 0.29) is 11.8 Å². The number of benzene rings is 1. The monoisotopic (exact) mass is 545 g/mol. The third-order valence-electron chi connectivity index (χ3n) is 7.23. The Morgan fingerprint density at radius 2 is 1.88 bits per heavy atom. The average molecular weight is 546 g/mol. The first-order valence-electron chi connectivity index (χ1n) is 13.4. The van der Waals surface area contributed by atoms with E-state index >= 15 is 0 Å². The van der Waals surface area contributed by atoms with Crippen molar-refractivity contribution in [2.45, 2.75) is 26.8 Å². The first kappa shape index (κ1) is 27.1. The first-order valence-corrected chi connectivity index (χ1v) is 13.4. The van der Waals surface area contributed by atoms with Gasteiger partial charge in [0.15, 0.2) is 5.82 Å². The van der Waals surface area contributed by atoms with Crippen molar-refractivity contribution in [2.75, 3.05) is 61.9 Å². The van der Waals surface area contributed by atoms with E-state index in [1.165, 1.54) is 12.5 Å². The molecule has 0 atom stereocenters. The van der Waals surface area contributed by atoms with Crippen LogP contribution in [0.2, 0.25) is 0 Å². The molecule has 40 heavy (non-hydrogen) atoms. The third-order valence-corrected chi connectivity index (χ3v) is 7.23. The normalized spacial score (nSPS) is 15.4. The van der Waals surface area contributed by atoms with Crippen LogP contribution < -0.4 is 20.3 Å². The van der Waals surface area contributed by atoms with E-state index in [4.69, 9.17) is 9.72 Å². The van der Waals surface area contributed by atoms with Crippen LogP contribution in [0, 0.1) is 6.92 Å². The minimum absolute atomic E-state index is 0.0527. The maximum Gasteiger partial charge on any atom is 0.247 e. The fraction of sp³-hybridized carbons (Fsp3) is 0.393. The van der Waals surface area contributed by atoms with Crippen LogP contribution in [0.1, 0.15) is 24.5 Å². The summed E-state index contributed by atoms with van der Waals surface area (Å²) in [5, 5.41) is 10.7. The van der Waals surface area contributed by atoms with Crippen molar-refractivity contribution in [3.8, 4) is 11.6 Å². The zero-order valence-electron chi connectivity index (χ0n) is 23.2. The SMILES string of the molecule is C=CC(=O)Nc1cc(Nc2ncc(C)c(-n3cc(CN4CCC4)cn3)n2)c(OC)cc1N1CCN(C(C)=O)CC1. The molecule has 2 N–H and O–H groups in total. The van der Waals surface area contributed by atoms with Gasteiger partial charge < -0.3 is 25.2 Å². The second-order valence-electron chi connectivity index (χ2n) is 10.0. The highest BCUT2D eigenvalue weighted by Gasteiger charge is 2.23. The van der Waals surface area contributed by atoms with Gasteiger partial charge in [-0.25, -0.2) is 9.67 Å². The van der Waals surface area contributed by atoms with Crippen LogP contribution in [0.5, 0.6) is 5.75 Å². The van der Waals surface area contributed by atoms with Crippen LogP contribution in [-0.4, -0.2) is 87.7 Å². The molecule has 2 saturated heterocycles. The van der Waals surface area contributed by atoms with E-state index in [9.17, 15) is 9.59 Å². The molecule has 0 unspecified atom stereocenters. The topological polar surface area (TPSA) is 121 Å². The molecule has 12 nitrogen and oxygen atoms in total. The number of aromatic nitrogens is 4. The maximum atomic E-state index is 12.3. The number of piperazine rings is 1. The van der Waals surface area contributed by atoms with Crippen molar-refractivity contribution in [1.82, 2.24) is 29.5 Å². The lowest BCUT2D eigenvalue weighted by Crippen LogP contribution is -2.48. The number of hydrogen-bond acceptors (Lipinski definition) is 9. The Hall–Kier alpha value is -4.45. The molecule has 2 fully saturated rings. The molecule has 2 aliphatic heterocycles. The van der Waals surface area contributed by atoms with Crippen LogP contribution in [0.15, 0.2) is 43.4 Å². The van der Waals surface area contributed by atoms with E-state index in [2.05, 4.69) is 37.1 Å². The number of nitrogens with one attached hydrogen (secondary N) is 2. The van der Waals surface area contributed by atoms with Crippen molar-refractivity contribution in [3.63, 3.8) is 0 Å². The van der Waals surface area contributed by atoms with Crippen LogP contribution in [0.4, 0.5) is 23.0 Å². The minimum atomic E-state index is -0.332. The number of methoxy groups -OCH3 is 1. The Morgan fingerprint density at radius 3 is 2.52 bits per heavy atom. The molecule has 2 amide bonds. The van der Waals surface area contributed by atoms with Gasteiger partial charge in [-0.1, -0.05) is 6.58 Å². The molecule has 3 aromatic rings. The number of carbonyl (C=O) groups is 2. The number of likely N-dealkylation sites (tertiary alicyclic amines) is 1. The highest BCUT2D eigenvalue weighted by molar-refractivity contribution is 6.02. The van der Waals surface area contributed by atoms with Crippen molar-refractivity contribution >= 4 is 34.8 Å². The first-order chi connectivity index (χ1) is 19.3. The van der Waals surface area contributed by atoms with Gasteiger partial charge in [0.25, 0.3) is 0 Å². The Morgan fingerprint density at radius 1 is 1.10 bits per heavy atom. The standard InChI is InChI=1S/C28H35N9O3/c1-5-26(39)31-22-13-23(25(40-4)14-24(22)36-11-9-35(10-12-36)20(3)38)32-28-29-15-19(2)27(33-28)37-18-21(16-30-37)17-34-7-6-8-34/h5,13-16,18H,1,6-12,17H2,2-4H3,(H,31,39)(H,29,32,33). The van der Waals surface area contributed by atoms with E-state index in [0.717, 1.165) is 36.4 Å². The molecule has 5 rings (SSSR count). The summed E-state index contributed by atoms with van der Waals surface area (Å²) in [5.74, 6) is 1.31. The predicted octanol–water partition coefficient (Wildman–Crippen LogP) is 2.72. The molecular weight excluding hydrogens is 510 g/mol. The van der Waals surface area contributed by atoms with E-state index in [0.29, 0.717) is 55.1 Å². The Kier molecular flexibility index (Phi) is 7.96. The van der Waals surface area contributed by atoms with Crippen molar-refractivity contribution in [3.05, 3.63) is 54.5 Å². The maximum absolute atomic E-state index is 12.3. The molecule has 0 aliphatic carbocycles. The highest BCUT2D eigenvalue weighted by atomic mass is 16.5. The fourth-order valence-corrected chi connectivity index (χ4v) is 4.84. The van der Waals surface area contributed by atoms with Gasteiger partial charge in [-0.2, -0.15) is 10.1 Å². The zero-order chi connectivity index (χ0) is 28.2. The summed E-state index contributed by atoms with van der Waals surface area (Å²) >= 11 is 0. The van der Waals surface area contributed by atoms with Gasteiger partial charge >= 0.3 is 0 Å². The summed E-state index contributed by atoms with van der Waals surface area (Å²) in [6.07, 6.45) is 8.09. The summed E-state index contributed by atoms with van der Waals surface area (Å²) in [7, 11) is 1.59. The molecule has 0 spiro atoms. The van der Waals surface area contributed by atoms with Gasteiger partial charge in [0.05, 0.1) is 30.4 Å². The summed E-state index contributed by atoms with van der Waals surface area (Å²) in [5.41, 5.74) is 3.98. The summed E-state index contributed by atoms with van der Waals surface area (Å²) < 4.78 is 7.50. The molecule has 2 aromatic heterocycles. The molecule has 210 valence electrons. The number of carbonyl (C=O) groups excluding carboxylic acids is 2. The van der Waals surface area contributed by atoms with Gasteiger partial charge in [-0.15, -0.1) is 0 Å². The van der Waals surface area contributed by atoms with Crippen molar-refractivity contribution < 1.29 is 14.3 Å². The van der Waals surface area contributed by atoms with E-state index in [1.54, 1.807) is 31.0 Å². The molecule has 2 aliphatic rings. The lowest BCUT2D eigenvalue weighted by Gasteiger charge is -2.36. The zero-order valence-corrected chi connectivity index (χ0v) is 23.2. The number of hydrogen-bond donors (Lipinski definition) is 2. The molecule has 0 saturated carbocycles. The van der Waals surface area contributed by atoms with Gasteiger partial charge in [0.2, 0.25) is 17.8 Å².